The Bertz CT molecular complexity index is 842. The Morgan fingerprint density at radius 2 is 2.07 bits per heavy atom. The first kappa shape index (κ1) is 17.6. The predicted octanol–water partition coefficient (Wildman–Crippen LogP) is 2.74. The highest BCUT2D eigenvalue weighted by Gasteiger charge is 2.32. The third kappa shape index (κ3) is 4.29. The monoisotopic (exact) mass is 373 g/mol. The average molecular weight is 373 g/mol. The van der Waals surface area contributed by atoms with E-state index >= 15 is 0 Å². The number of pyridine rings is 1. The molecule has 0 bridgehead atoms. The van der Waals surface area contributed by atoms with E-state index in [1.807, 2.05) is 6.07 Å². The number of aromatic nitrogens is 3. The van der Waals surface area contributed by atoms with Gasteiger partial charge in [-0.25, -0.2) is 4.79 Å². The van der Waals surface area contributed by atoms with Crippen LogP contribution >= 0.6 is 0 Å². The molecule has 2 aliphatic carbocycles. The number of nitrogen functional groups attached to an aromatic ring is 1. The predicted molar refractivity (Wildman–Crippen MR) is 95.3 cm³/mol. The molecule has 9 heteroatoms. The van der Waals surface area contributed by atoms with Gasteiger partial charge in [0.15, 0.2) is 0 Å². The number of ether oxygens (including phenoxy) is 2. The molecular weight excluding hydrogens is 350 g/mol. The number of hydrogen-bond donors (Lipinski definition) is 2. The van der Waals surface area contributed by atoms with E-state index in [1.165, 1.54) is 12.8 Å². The molecule has 144 valence electrons. The second-order valence-electron chi connectivity index (χ2n) is 7.67. The van der Waals surface area contributed by atoms with Crippen molar-refractivity contribution in [2.24, 2.45) is 5.92 Å². The quantitative estimate of drug-likeness (QED) is 0.759. The molecule has 2 aliphatic rings. The minimum atomic E-state index is -0.943. The molecule has 0 aliphatic heterocycles. The second-order valence-corrected chi connectivity index (χ2v) is 7.67. The molecule has 0 atom stereocenters. The van der Waals surface area contributed by atoms with Crippen molar-refractivity contribution in [1.29, 1.82) is 0 Å². The number of hydrogen-bond acceptors (Lipinski definition) is 8. The lowest BCUT2D eigenvalue weighted by molar-refractivity contribution is 0.177. The molecule has 0 radical (unpaired) electrons. The zero-order chi connectivity index (χ0) is 19.0. The molecule has 2 aromatic heterocycles. The summed E-state index contributed by atoms with van der Waals surface area (Å²) in [5.74, 6) is 2.05. The number of amides is 1. The van der Waals surface area contributed by atoms with Gasteiger partial charge >= 0.3 is 6.09 Å². The van der Waals surface area contributed by atoms with Gasteiger partial charge in [0, 0.05) is 11.6 Å². The van der Waals surface area contributed by atoms with Crippen molar-refractivity contribution < 1.29 is 18.8 Å². The van der Waals surface area contributed by atoms with Gasteiger partial charge < -0.3 is 25.0 Å². The number of anilines is 1. The summed E-state index contributed by atoms with van der Waals surface area (Å²) >= 11 is 0. The minimum Gasteiger partial charge on any atom is -0.477 e. The number of nitrogens with two attached hydrogens (primary N) is 1. The highest BCUT2D eigenvalue weighted by atomic mass is 16.6. The number of nitrogens with one attached hydrogen (secondary N) is 1. The summed E-state index contributed by atoms with van der Waals surface area (Å²) in [4.78, 5) is 20.6. The Kier molecular flexibility index (Phi) is 4.37. The summed E-state index contributed by atoms with van der Waals surface area (Å²) in [5.41, 5.74) is 5.60. The van der Waals surface area contributed by atoms with Gasteiger partial charge in [0.05, 0.1) is 6.61 Å². The van der Waals surface area contributed by atoms with E-state index in [1.54, 1.807) is 19.9 Å². The molecule has 0 unspecified atom stereocenters. The lowest BCUT2D eigenvalue weighted by Gasteiger charge is -2.21. The summed E-state index contributed by atoms with van der Waals surface area (Å²) in [5, 5.41) is 6.20. The smallest absolute Gasteiger partial charge is 0.414 e. The molecule has 0 spiro atoms. The molecule has 1 amide bonds. The summed E-state index contributed by atoms with van der Waals surface area (Å²) in [6.45, 7) is 4.07. The van der Waals surface area contributed by atoms with Crippen molar-refractivity contribution in [3.63, 3.8) is 0 Å². The first-order valence-electron chi connectivity index (χ1n) is 9.14. The van der Waals surface area contributed by atoms with Gasteiger partial charge in [-0.3, -0.25) is 0 Å². The minimum absolute atomic E-state index is 0.00280. The van der Waals surface area contributed by atoms with Crippen LogP contribution in [-0.4, -0.2) is 27.8 Å². The van der Waals surface area contributed by atoms with Gasteiger partial charge in [0.1, 0.15) is 5.54 Å². The van der Waals surface area contributed by atoms with Gasteiger partial charge in [-0.1, -0.05) is 0 Å². The normalized spacial score (nSPS) is 16.8. The van der Waals surface area contributed by atoms with Crippen LogP contribution in [0.3, 0.4) is 0 Å². The Hall–Kier alpha value is -2.84. The molecule has 0 aromatic carbocycles. The number of nitrogens with zero attached hydrogens (tertiary/aromatic N) is 3. The van der Waals surface area contributed by atoms with Gasteiger partial charge in [0.2, 0.25) is 11.8 Å². The van der Waals surface area contributed by atoms with Crippen molar-refractivity contribution in [3.8, 4) is 11.8 Å². The SMILES string of the molecule is CC(C)(NC(=O)Oc1ccc(C2CC2)c(OCC2CC2)n1)c1nc(N)no1. The van der Waals surface area contributed by atoms with Crippen LogP contribution in [0, 0.1) is 5.92 Å². The molecule has 27 heavy (non-hydrogen) atoms. The average Bonchev–Trinajstić information content (AvgIpc) is 3.52. The lowest BCUT2D eigenvalue weighted by Crippen LogP contribution is -2.42. The summed E-state index contributed by atoms with van der Waals surface area (Å²) in [6, 6.07) is 3.62. The maximum atomic E-state index is 12.3. The molecule has 4 rings (SSSR count). The third-order valence-corrected chi connectivity index (χ3v) is 4.62. The van der Waals surface area contributed by atoms with E-state index in [4.69, 9.17) is 19.7 Å². The fraction of sp³-hybridized carbons (Fsp3) is 0.556. The fourth-order valence-corrected chi connectivity index (χ4v) is 2.71. The number of carbonyl (C=O) groups excluding carboxylic acids is 1. The Balaban J connectivity index is 1.43. The summed E-state index contributed by atoms with van der Waals surface area (Å²) in [7, 11) is 0. The molecule has 0 saturated heterocycles. The van der Waals surface area contributed by atoms with Crippen molar-refractivity contribution in [2.45, 2.75) is 51.0 Å². The zero-order valence-electron chi connectivity index (χ0n) is 15.4. The van der Waals surface area contributed by atoms with Crippen molar-refractivity contribution >= 4 is 12.0 Å². The molecule has 2 heterocycles. The lowest BCUT2D eigenvalue weighted by atomic mass is 10.1. The zero-order valence-corrected chi connectivity index (χ0v) is 15.4. The Morgan fingerprint density at radius 1 is 1.30 bits per heavy atom. The highest BCUT2D eigenvalue weighted by molar-refractivity contribution is 5.71. The van der Waals surface area contributed by atoms with E-state index < -0.39 is 11.6 Å². The van der Waals surface area contributed by atoms with E-state index in [0.29, 0.717) is 24.3 Å². The van der Waals surface area contributed by atoms with E-state index in [-0.39, 0.29) is 17.7 Å². The molecule has 2 saturated carbocycles. The van der Waals surface area contributed by atoms with E-state index in [0.717, 1.165) is 18.4 Å². The molecule has 2 fully saturated rings. The van der Waals surface area contributed by atoms with Crippen molar-refractivity contribution in [3.05, 3.63) is 23.6 Å². The maximum absolute atomic E-state index is 12.3. The van der Waals surface area contributed by atoms with Crippen LogP contribution < -0.4 is 20.5 Å². The van der Waals surface area contributed by atoms with E-state index in [2.05, 4.69) is 20.4 Å². The van der Waals surface area contributed by atoms with Crippen LogP contribution in [0.2, 0.25) is 0 Å². The van der Waals surface area contributed by atoms with E-state index in [9.17, 15) is 4.79 Å². The highest BCUT2D eigenvalue weighted by Crippen LogP contribution is 2.44. The van der Waals surface area contributed by atoms with Crippen LogP contribution in [-0.2, 0) is 5.54 Å². The van der Waals surface area contributed by atoms with Crippen molar-refractivity contribution in [1.82, 2.24) is 20.4 Å². The van der Waals surface area contributed by atoms with Gasteiger partial charge in [-0.2, -0.15) is 9.97 Å². The number of rotatable bonds is 7. The largest absolute Gasteiger partial charge is 0.477 e. The molecular formula is C18H23N5O4. The van der Waals surface area contributed by atoms with Crippen LogP contribution in [0.4, 0.5) is 10.7 Å². The van der Waals surface area contributed by atoms with Gasteiger partial charge in [-0.05, 0) is 62.6 Å². The first-order chi connectivity index (χ1) is 12.9. The first-order valence-corrected chi connectivity index (χ1v) is 9.14. The topological polar surface area (TPSA) is 125 Å². The Morgan fingerprint density at radius 3 is 2.70 bits per heavy atom. The van der Waals surface area contributed by atoms with Crippen molar-refractivity contribution in [2.75, 3.05) is 12.3 Å². The molecule has 9 nitrogen and oxygen atoms in total. The maximum Gasteiger partial charge on any atom is 0.414 e. The van der Waals surface area contributed by atoms with Crippen LogP contribution in [0.1, 0.15) is 56.9 Å². The summed E-state index contributed by atoms with van der Waals surface area (Å²) in [6.07, 6.45) is 4.00. The standard InChI is InChI=1S/C18H23N5O4/c1-18(2,15-21-16(19)23-27-15)22-17(24)26-13-8-7-12(11-5-6-11)14(20-13)25-9-10-3-4-10/h7-8,10-11H,3-6,9H2,1-2H3,(H2,19,23)(H,22,24). The van der Waals surface area contributed by atoms with Crippen LogP contribution in [0.25, 0.3) is 0 Å². The second kappa shape index (κ2) is 6.71. The molecule has 2 aromatic rings. The fourth-order valence-electron chi connectivity index (χ4n) is 2.71. The third-order valence-electron chi connectivity index (χ3n) is 4.62. The van der Waals surface area contributed by atoms with Gasteiger partial charge in [0.25, 0.3) is 11.8 Å². The Labute approximate surface area is 156 Å². The number of carbonyl (C=O) groups is 1. The summed E-state index contributed by atoms with van der Waals surface area (Å²) < 4.78 is 16.2. The molecule has 3 N–H and O–H groups in total. The van der Waals surface area contributed by atoms with Gasteiger partial charge in [-0.15, -0.1) is 0 Å². The van der Waals surface area contributed by atoms with Crippen LogP contribution in [0.15, 0.2) is 16.7 Å². The van der Waals surface area contributed by atoms with Crippen LogP contribution in [0.5, 0.6) is 11.8 Å².